The number of benzene rings is 2. The summed E-state index contributed by atoms with van der Waals surface area (Å²) in [4.78, 5) is 16.6. The number of methoxy groups -OCH3 is 1. The molecule has 0 spiro atoms. The number of rotatable bonds is 7. The number of hydrogen-bond acceptors (Lipinski definition) is 6. The predicted molar refractivity (Wildman–Crippen MR) is 99.3 cm³/mol. The monoisotopic (exact) mass is 354 g/mol. The molecule has 0 unspecified atom stereocenters. The Hall–Kier alpha value is -2.70. The van der Waals surface area contributed by atoms with Crippen LogP contribution in [0.3, 0.4) is 0 Å². The van der Waals surface area contributed by atoms with Gasteiger partial charge < -0.3 is 14.8 Å². The van der Waals surface area contributed by atoms with Gasteiger partial charge >= 0.3 is 5.97 Å². The second-order valence-corrected chi connectivity index (χ2v) is 6.10. The summed E-state index contributed by atoms with van der Waals surface area (Å²) in [6.07, 6.45) is 0. The highest BCUT2D eigenvalue weighted by Crippen LogP contribution is 2.26. The minimum Gasteiger partial charge on any atom is -0.423 e. The Balaban J connectivity index is 1.63. The van der Waals surface area contributed by atoms with Gasteiger partial charge in [-0.05, 0) is 36.4 Å². The van der Waals surface area contributed by atoms with Crippen molar-refractivity contribution in [1.82, 2.24) is 4.98 Å². The van der Waals surface area contributed by atoms with E-state index in [-0.39, 0.29) is 5.97 Å². The average molecular weight is 354 g/mol. The smallest absolute Gasteiger partial charge is 0.343 e. The molecule has 128 valence electrons. The van der Waals surface area contributed by atoms with Gasteiger partial charge in [-0.25, -0.2) is 9.78 Å². The number of esters is 1. The summed E-state index contributed by atoms with van der Waals surface area (Å²) in [6.45, 7) is 1.36. The molecule has 0 saturated heterocycles. The lowest BCUT2D eigenvalue weighted by Gasteiger charge is -2.05. The third-order valence-corrected chi connectivity index (χ3v) is 4.26. The topological polar surface area (TPSA) is 60.4 Å². The fourth-order valence-electron chi connectivity index (χ4n) is 2.18. The normalized spacial score (nSPS) is 10.4. The van der Waals surface area contributed by atoms with E-state index in [2.05, 4.69) is 10.3 Å². The van der Waals surface area contributed by atoms with Crippen LogP contribution in [0.2, 0.25) is 0 Å². The van der Waals surface area contributed by atoms with Gasteiger partial charge in [-0.2, -0.15) is 0 Å². The number of ether oxygens (including phenoxy) is 2. The maximum Gasteiger partial charge on any atom is 0.343 e. The molecule has 0 radical (unpaired) electrons. The molecule has 1 N–H and O–H groups in total. The third-order valence-electron chi connectivity index (χ3n) is 3.46. The summed E-state index contributed by atoms with van der Waals surface area (Å²) >= 11 is 1.54. The minimum absolute atomic E-state index is 0.369. The molecule has 2 aromatic carbocycles. The van der Waals surface area contributed by atoms with E-state index in [0.717, 1.165) is 22.9 Å². The van der Waals surface area contributed by atoms with Crippen molar-refractivity contribution in [2.24, 2.45) is 0 Å². The number of hydrogen-bond donors (Lipinski definition) is 1. The quantitative estimate of drug-likeness (QED) is 0.393. The van der Waals surface area contributed by atoms with Crippen molar-refractivity contribution in [1.29, 1.82) is 0 Å². The summed E-state index contributed by atoms with van der Waals surface area (Å²) in [7, 11) is 1.67. The van der Waals surface area contributed by atoms with Crippen LogP contribution in [-0.4, -0.2) is 31.2 Å². The molecule has 25 heavy (non-hydrogen) atoms. The molecule has 0 fully saturated rings. The van der Waals surface area contributed by atoms with Gasteiger partial charge in [-0.1, -0.05) is 18.2 Å². The van der Waals surface area contributed by atoms with E-state index in [1.807, 2.05) is 23.6 Å². The zero-order chi connectivity index (χ0) is 17.5. The molecule has 3 rings (SSSR count). The summed E-state index contributed by atoms with van der Waals surface area (Å²) in [6, 6.07) is 16.2. The highest BCUT2D eigenvalue weighted by molar-refractivity contribution is 7.14. The molecular weight excluding hydrogens is 336 g/mol. The van der Waals surface area contributed by atoms with Crippen LogP contribution in [0.15, 0.2) is 60.0 Å². The fourth-order valence-corrected chi connectivity index (χ4v) is 2.93. The van der Waals surface area contributed by atoms with Crippen molar-refractivity contribution in [3.8, 4) is 17.0 Å². The van der Waals surface area contributed by atoms with E-state index in [1.165, 1.54) is 0 Å². The first kappa shape index (κ1) is 17.1. The van der Waals surface area contributed by atoms with Crippen molar-refractivity contribution < 1.29 is 14.3 Å². The van der Waals surface area contributed by atoms with Crippen LogP contribution in [0.1, 0.15) is 10.4 Å². The van der Waals surface area contributed by atoms with Crippen molar-refractivity contribution in [3.05, 3.63) is 65.5 Å². The van der Waals surface area contributed by atoms with E-state index in [9.17, 15) is 4.79 Å². The minimum atomic E-state index is -0.369. The molecular formula is C19H18N2O3S. The van der Waals surface area contributed by atoms with E-state index in [4.69, 9.17) is 9.47 Å². The van der Waals surface area contributed by atoms with Crippen LogP contribution in [-0.2, 0) is 4.74 Å². The van der Waals surface area contributed by atoms with Crippen LogP contribution in [0, 0.1) is 0 Å². The molecule has 6 heteroatoms. The molecule has 0 saturated carbocycles. The van der Waals surface area contributed by atoms with Crippen molar-refractivity contribution in [2.75, 3.05) is 25.6 Å². The van der Waals surface area contributed by atoms with Gasteiger partial charge in [0.25, 0.3) is 0 Å². The third kappa shape index (κ3) is 4.65. The largest absolute Gasteiger partial charge is 0.423 e. The first-order valence-corrected chi connectivity index (χ1v) is 8.70. The number of carbonyl (C=O) groups is 1. The molecule has 0 amide bonds. The molecule has 5 nitrogen and oxygen atoms in total. The van der Waals surface area contributed by atoms with Gasteiger partial charge in [0.05, 0.1) is 17.9 Å². The molecule has 0 aliphatic rings. The Bertz CT molecular complexity index is 816. The molecule has 0 bridgehead atoms. The summed E-state index contributed by atoms with van der Waals surface area (Å²) in [5.74, 6) is 0.137. The van der Waals surface area contributed by atoms with Gasteiger partial charge in [0.2, 0.25) is 0 Å². The first-order chi connectivity index (χ1) is 12.3. The van der Waals surface area contributed by atoms with Gasteiger partial charge in [0.15, 0.2) is 5.13 Å². The Morgan fingerprint density at radius 2 is 1.88 bits per heavy atom. The lowest BCUT2D eigenvalue weighted by atomic mass is 10.2. The lowest BCUT2D eigenvalue weighted by Crippen LogP contribution is -2.07. The molecule has 3 aromatic rings. The predicted octanol–water partition coefficient (Wildman–Crippen LogP) is 4.09. The van der Waals surface area contributed by atoms with Gasteiger partial charge in [-0.15, -0.1) is 11.3 Å². The first-order valence-electron chi connectivity index (χ1n) is 7.82. The highest BCUT2D eigenvalue weighted by atomic mass is 32.1. The summed E-state index contributed by atoms with van der Waals surface area (Å²) in [5.41, 5.74) is 2.37. The maximum absolute atomic E-state index is 12.0. The Morgan fingerprint density at radius 3 is 2.60 bits per heavy atom. The second-order valence-electron chi connectivity index (χ2n) is 5.24. The van der Waals surface area contributed by atoms with Crippen molar-refractivity contribution in [2.45, 2.75) is 0 Å². The van der Waals surface area contributed by atoms with E-state index >= 15 is 0 Å². The SMILES string of the molecule is COCCNc1nc(-c2ccc(OC(=O)c3ccccc3)cc2)cs1. The zero-order valence-electron chi connectivity index (χ0n) is 13.8. The molecule has 0 aliphatic heterocycles. The Morgan fingerprint density at radius 1 is 1.12 bits per heavy atom. The average Bonchev–Trinajstić information content (AvgIpc) is 3.12. The van der Waals surface area contributed by atoms with Crippen LogP contribution in [0.4, 0.5) is 5.13 Å². The summed E-state index contributed by atoms with van der Waals surface area (Å²) in [5, 5.41) is 6.04. The maximum atomic E-state index is 12.0. The van der Waals surface area contributed by atoms with E-state index < -0.39 is 0 Å². The summed E-state index contributed by atoms with van der Waals surface area (Å²) < 4.78 is 10.4. The molecule has 1 aromatic heterocycles. The number of carbonyl (C=O) groups excluding carboxylic acids is 1. The van der Waals surface area contributed by atoms with E-state index in [0.29, 0.717) is 17.9 Å². The zero-order valence-corrected chi connectivity index (χ0v) is 14.6. The molecule has 1 heterocycles. The Labute approximate surface area is 150 Å². The number of thiazole rings is 1. The van der Waals surface area contributed by atoms with Crippen LogP contribution in [0.25, 0.3) is 11.3 Å². The van der Waals surface area contributed by atoms with Gasteiger partial charge in [-0.3, -0.25) is 0 Å². The number of anilines is 1. The number of aromatic nitrogens is 1. The molecule has 0 atom stereocenters. The van der Waals surface area contributed by atoms with E-state index in [1.54, 1.807) is 54.8 Å². The molecule has 0 aliphatic carbocycles. The van der Waals surface area contributed by atoms with Crippen LogP contribution >= 0.6 is 11.3 Å². The van der Waals surface area contributed by atoms with Gasteiger partial charge in [0.1, 0.15) is 5.75 Å². The van der Waals surface area contributed by atoms with Crippen molar-refractivity contribution in [3.63, 3.8) is 0 Å². The standard InChI is InChI=1S/C19H18N2O3S/c1-23-12-11-20-19-21-17(13-25-19)14-7-9-16(10-8-14)24-18(22)15-5-3-2-4-6-15/h2-10,13H,11-12H2,1H3,(H,20,21). The highest BCUT2D eigenvalue weighted by Gasteiger charge is 2.09. The Kier molecular flexibility index (Phi) is 5.77. The number of nitrogens with one attached hydrogen (secondary N) is 1. The van der Waals surface area contributed by atoms with Crippen LogP contribution in [0.5, 0.6) is 5.75 Å². The lowest BCUT2D eigenvalue weighted by molar-refractivity contribution is 0.0735. The van der Waals surface area contributed by atoms with Gasteiger partial charge in [0, 0.05) is 24.6 Å². The number of nitrogens with zero attached hydrogens (tertiary/aromatic N) is 1. The fraction of sp³-hybridized carbons (Fsp3) is 0.158. The van der Waals surface area contributed by atoms with Crippen LogP contribution < -0.4 is 10.1 Å². The van der Waals surface area contributed by atoms with Crippen molar-refractivity contribution >= 4 is 22.4 Å². The second kappa shape index (κ2) is 8.41.